The highest BCUT2D eigenvalue weighted by Gasteiger charge is 2.36. The lowest BCUT2D eigenvalue weighted by molar-refractivity contribution is 0.0179. The summed E-state index contributed by atoms with van der Waals surface area (Å²) in [5.74, 6) is 0.220. The van der Waals surface area contributed by atoms with E-state index in [9.17, 15) is 9.59 Å². The summed E-state index contributed by atoms with van der Waals surface area (Å²) in [5.41, 5.74) is 1.67. The van der Waals surface area contributed by atoms with Gasteiger partial charge in [0.05, 0.1) is 38.3 Å². The molecule has 0 saturated carbocycles. The second-order valence-corrected chi connectivity index (χ2v) is 7.35. The third kappa shape index (κ3) is 3.95. The Morgan fingerprint density at radius 2 is 1.48 bits per heavy atom. The first-order valence-corrected chi connectivity index (χ1v) is 10.4. The molecule has 172 valence electrons. The van der Waals surface area contributed by atoms with Crippen molar-refractivity contribution in [1.29, 1.82) is 0 Å². The zero-order valence-corrected chi connectivity index (χ0v) is 18.9. The Morgan fingerprint density at radius 3 is 2.12 bits per heavy atom. The largest absolute Gasteiger partial charge is 0.493 e. The van der Waals surface area contributed by atoms with Crippen LogP contribution in [0.4, 0.5) is 0 Å². The molecule has 0 N–H and O–H groups in total. The molecule has 1 fully saturated rings. The van der Waals surface area contributed by atoms with Crippen molar-refractivity contribution < 1.29 is 23.8 Å². The van der Waals surface area contributed by atoms with Gasteiger partial charge in [-0.3, -0.25) is 9.59 Å². The normalized spacial score (nSPS) is 13.2. The first-order valence-electron chi connectivity index (χ1n) is 10.4. The molecule has 10 nitrogen and oxygen atoms in total. The average Bonchev–Trinajstić information content (AvgIpc) is 3.49. The minimum absolute atomic E-state index is 0.192. The van der Waals surface area contributed by atoms with Gasteiger partial charge < -0.3 is 14.2 Å². The molecule has 1 aromatic heterocycles. The molecule has 2 amide bonds. The molecule has 1 saturated heterocycles. The maximum absolute atomic E-state index is 13.5. The van der Waals surface area contributed by atoms with E-state index in [1.165, 1.54) is 36.1 Å². The predicted octanol–water partition coefficient (Wildman–Crippen LogP) is 2.50. The van der Waals surface area contributed by atoms with Crippen LogP contribution in [0.25, 0.3) is 5.69 Å². The van der Waals surface area contributed by atoms with Crippen molar-refractivity contribution in [3.8, 4) is 22.9 Å². The summed E-state index contributed by atoms with van der Waals surface area (Å²) in [6.07, 6.45) is 0.638. The van der Waals surface area contributed by atoms with E-state index in [0.717, 1.165) is 5.69 Å². The van der Waals surface area contributed by atoms with Crippen LogP contribution in [0.15, 0.2) is 42.5 Å². The summed E-state index contributed by atoms with van der Waals surface area (Å²) >= 11 is 0. The van der Waals surface area contributed by atoms with Crippen LogP contribution in [-0.2, 0) is 0 Å². The smallest absolute Gasteiger partial charge is 0.294 e. The van der Waals surface area contributed by atoms with Gasteiger partial charge in [-0.15, -0.1) is 5.10 Å². The molecule has 0 unspecified atom stereocenters. The number of methoxy groups -OCH3 is 3. The van der Waals surface area contributed by atoms with Crippen molar-refractivity contribution in [2.24, 2.45) is 0 Å². The van der Waals surface area contributed by atoms with Crippen molar-refractivity contribution >= 4 is 11.8 Å². The molecule has 0 bridgehead atoms. The molecule has 0 aliphatic carbocycles. The zero-order chi connectivity index (χ0) is 23.5. The quantitative estimate of drug-likeness (QED) is 0.568. The highest BCUT2D eigenvalue weighted by atomic mass is 16.5. The van der Waals surface area contributed by atoms with Gasteiger partial charge in [0.1, 0.15) is 0 Å². The summed E-state index contributed by atoms with van der Waals surface area (Å²) in [6, 6.07) is 12.6. The Balaban J connectivity index is 1.65. The molecule has 4 rings (SSSR count). The van der Waals surface area contributed by atoms with E-state index in [1.54, 1.807) is 19.1 Å². The van der Waals surface area contributed by atoms with Crippen LogP contribution in [0.3, 0.4) is 0 Å². The monoisotopic (exact) mass is 451 g/mol. The predicted molar refractivity (Wildman–Crippen MR) is 119 cm³/mol. The number of rotatable bonds is 6. The number of carbonyl (C=O) groups excluding carboxylic acids is 2. The lowest BCUT2D eigenvalue weighted by atomic mass is 10.1. The zero-order valence-electron chi connectivity index (χ0n) is 18.9. The summed E-state index contributed by atoms with van der Waals surface area (Å²) in [5, 5.41) is 11.6. The number of nitrogens with zero attached hydrogens (tertiary/aromatic N) is 5. The first-order chi connectivity index (χ1) is 16.0. The Hall–Kier alpha value is -4.08. The van der Waals surface area contributed by atoms with Crippen molar-refractivity contribution in [3.63, 3.8) is 0 Å². The highest BCUT2D eigenvalue weighted by molar-refractivity contribution is 6.01. The number of hydrogen-bond donors (Lipinski definition) is 0. The second-order valence-electron chi connectivity index (χ2n) is 7.35. The van der Waals surface area contributed by atoms with Gasteiger partial charge in [0.25, 0.3) is 11.8 Å². The van der Waals surface area contributed by atoms with Gasteiger partial charge in [0.2, 0.25) is 5.75 Å². The molecular weight excluding hydrogens is 426 g/mol. The van der Waals surface area contributed by atoms with E-state index < -0.39 is 0 Å². The first kappa shape index (κ1) is 22.1. The molecule has 1 aliphatic rings. The molecule has 2 heterocycles. The van der Waals surface area contributed by atoms with Crippen LogP contribution in [0.5, 0.6) is 17.2 Å². The molecule has 10 heteroatoms. The maximum Gasteiger partial charge on any atom is 0.294 e. The fourth-order valence-corrected chi connectivity index (χ4v) is 3.82. The number of amides is 2. The van der Waals surface area contributed by atoms with E-state index in [2.05, 4.69) is 10.2 Å². The summed E-state index contributed by atoms with van der Waals surface area (Å²) < 4.78 is 16.2. The lowest BCUT2D eigenvalue weighted by Crippen LogP contribution is -2.45. The number of aromatic nitrogens is 3. The van der Waals surface area contributed by atoms with Crippen LogP contribution in [0.1, 0.15) is 33.0 Å². The fourth-order valence-electron chi connectivity index (χ4n) is 3.82. The van der Waals surface area contributed by atoms with Crippen LogP contribution in [0.2, 0.25) is 0 Å². The van der Waals surface area contributed by atoms with Gasteiger partial charge in [0.15, 0.2) is 17.2 Å². The number of carbonyl (C=O) groups is 2. The molecule has 0 spiro atoms. The third-order valence-electron chi connectivity index (χ3n) is 5.41. The third-order valence-corrected chi connectivity index (χ3v) is 5.41. The Morgan fingerprint density at radius 1 is 0.818 bits per heavy atom. The Labute approximate surface area is 191 Å². The van der Waals surface area contributed by atoms with E-state index in [4.69, 9.17) is 14.2 Å². The maximum atomic E-state index is 13.5. The molecule has 2 aromatic carbocycles. The number of benzene rings is 2. The van der Waals surface area contributed by atoms with Gasteiger partial charge in [-0.2, -0.15) is 9.90 Å². The molecule has 1 aliphatic heterocycles. The van der Waals surface area contributed by atoms with Crippen LogP contribution >= 0.6 is 0 Å². The fraction of sp³-hybridized carbons (Fsp3) is 0.304. The van der Waals surface area contributed by atoms with Gasteiger partial charge in [0, 0.05) is 13.1 Å². The minimum Gasteiger partial charge on any atom is -0.493 e. The molecule has 3 aromatic rings. The summed E-state index contributed by atoms with van der Waals surface area (Å²) in [4.78, 5) is 28.3. The van der Waals surface area contributed by atoms with Crippen LogP contribution in [-0.4, -0.2) is 71.2 Å². The SMILES string of the molecule is COc1ccc(C(=O)N2CCCN2C(=O)c2nn(-c3ccccc3)nc2C)c(OC)c1OC. The molecule has 0 radical (unpaired) electrons. The van der Waals surface area contributed by atoms with E-state index in [-0.39, 0.29) is 28.8 Å². The number of hydrogen-bond acceptors (Lipinski definition) is 7. The topological polar surface area (TPSA) is 99.0 Å². The van der Waals surface area contributed by atoms with Gasteiger partial charge in [-0.05, 0) is 37.6 Å². The summed E-state index contributed by atoms with van der Waals surface area (Å²) in [6.45, 7) is 2.49. The number of aryl methyl sites for hydroxylation is 1. The second kappa shape index (κ2) is 9.19. The van der Waals surface area contributed by atoms with Crippen molar-refractivity contribution in [1.82, 2.24) is 25.0 Å². The van der Waals surface area contributed by atoms with E-state index in [0.29, 0.717) is 36.7 Å². The van der Waals surface area contributed by atoms with Gasteiger partial charge in [-0.1, -0.05) is 18.2 Å². The Bertz CT molecular complexity index is 1180. The van der Waals surface area contributed by atoms with Gasteiger partial charge >= 0.3 is 0 Å². The van der Waals surface area contributed by atoms with Crippen LogP contribution < -0.4 is 14.2 Å². The van der Waals surface area contributed by atoms with Crippen molar-refractivity contribution in [2.45, 2.75) is 13.3 Å². The van der Waals surface area contributed by atoms with Gasteiger partial charge in [-0.25, -0.2) is 10.0 Å². The van der Waals surface area contributed by atoms with E-state index in [1.807, 2.05) is 30.3 Å². The van der Waals surface area contributed by atoms with Crippen molar-refractivity contribution in [2.75, 3.05) is 34.4 Å². The summed E-state index contributed by atoms with van der Waals surface area (Å²) in [7, 11) is 4.43. The van der Waals surface area contributed by atoms with E-state index >= 15 is 0 Å². The van der Waals surface area contributed by atoms with Crippen molar-refractivity contribution in [3.05, 3.63) is 59.4 Å². The lowest BCUT2D eigenvalue weighted by Gasteiger charge is -2.28. The number of ether oxygens (including phenoxy) is 3. The standard InChI is InChI=1S/C23H25N5O5/c1-15-19(25-28(24-15)16-9-6-5-7-10-16)23(30)27-14-8-13-26(27)22(29)17-11-12-18(31-2)21(33-4)20(17)32-3/h5-7,9-12H,8,13-14H2,1-4H3. The molecular formula is C23H25N5O5. The van der Waals surface area contributed by atoms with Crippen LogP contribution in [0, 0.1) is 6.92 Å². The Kier molecular flexibility index (Phi) is 6.16. The highest BCUT2D eigenvalue weighted by Crippen LogP contribution is 2.40. The molecule has 33 heavy (non-hydrogen) atoms. The number of hydrazine groups is 1. The average molecular weight is 451 g/mol. The molecule has 0 atom stereocenters. The number of para-hydroxylation sites is 1. The minimum atomic E-state index is -0.389.